The summed E-state index contributed by atoms with van der Waals surface area (Å²) in [5, 5.41) is 4.81. The summed E-state index contributed by atoms with van der Waals surface area (Å²) in [6.07, 6.45) is 2.70. The second kappa shape index (κ2) is 7.26. The summed E-state index contributed by atoms with van der Waals surface area (Å²) in [6.45, 7) is -3.10. The van der Waals surface area contributed by atoms with E-state index in [-0.39, 0.29) is 22.3 Å². The number of hydrogen-bond acceptors (Lipinski definition) is 5. The molecule has 0 bridgehead atoms. The number of nitrogens with zero attached hydrogens (tertiary/aromatic N) is 3. The molecule has 2 aromatic heterocycles. The van der Waals surface area contributed by atoms with E-state index in [1.54, 1.807) is 6.07 Å². The Morgan fingerprint density at radius 2 is 2.07 bits per heavy atom. The fourth-order valence-electron chi connectivity index (χ4n) is 2.70. The SMILES string of the molecule is O=S(=O)(Nc1ccc(-n2nc(I)c3cnc(Cl)cc32)c(OC(F)F)c1)C1CC1. The van der Waals surface area contributed by atoms with Crippen molar-refractivity contribution in [3.05, 3.63) is 39.3 Å². The first-order valence-electron chi connectivity index (χ1n) is 8.05. The molecule has 1 N–H and O–H groups in total. The Bertz CT molecular complexity index is 1170. The standard InChI is InChI=1S/C16H12ClF2IN4O3S/c17-14-6-12-10(7-21-14)15(20)22-24(12)11-4-1-8(5-13(11)27-16(18)19)23-28(25,26)9-2-3-9/h1,4-7,9,16,23H,2-3H2. The maximum atomic E-state index is 13.0. The van der Waals surface area contributed by atoms with Crippen molar-refractivity contribution >= 4 is 60.8 Å². The molecule has 4 rings (SSSR count). The molecule has 0 saturated heterocycles. The zero-order valence-electron chi connectivity index (χ0n) is 13.9. The van der Waals surface area contributed by atoms with Gasteiger partial charge in [-0.2, -0.15) is 13.9 Å². The molecule has 0 spiro atoms. The molecule has 148 valence electrons. The number of benzene rings is 1. The second-order valence-corrected chi connectivity index (χ2v) is 9.50. The molecule has 0 amide bonds. The smallest absolute Gasteiger partial charge is 0.387 e. The lowest BCUT2D eigenvalue weighted by Gasteiger charge is -2.14. The maximum Gasteiger partial charge on any atom is 0.387 e. The van der Waals surface area contributed by atoms with Crippen molar-refractivity contribution in [2.75, 3.05) is 4.72 Å². The predicted molar refractivity (Wildman–Crippen MR) is 109 cm³/mol. The molecule has 2 heterocycles. The molecule has 12 heteroatoms. The zero-order valence-corrected chi connectivity index (χ0v) is 17.7. The Balaban J connectivity index is 1.81. The summed E-state index contributed by atoms with van der Waals surface area (Å²) in [7, 11) is -3.54. The second-order valence-electron chi connectivity index (χ2n) is 6.13. The van der Waals surface area contributed by atoms with Gasteiger partial charge in [0.25, 0.3) is 0 Å². The Morgan fingerprint density at radius 1 is 1.32 bits per heavy atom. The minimum atomic E-state index is -3.54. The van der Waals surface area contributed by atoms with Crippen LogP contribution in [-0.2, 0) is 10.0 Å². The highest BCUT2D eigenvalue weighted by molar-refractivity contribution is 14.1. The highest BCUT2D eigenvalue weighted by atomic mass is 127. The zero-order chi connectivity index (χ0) is 20.1. The van der Waals surface area contributed by atoms with Crippen molar-refractivity contribution in [3.63, 3.8) is 0 Å². The topological polar surface area (TPSA) is 86.1 Å². The first kappa shape index (κ1) is 19.6. The van der Waals surface area contributed by atoms with Crippen molar-refractivity contribution in [1.82, 2.24) is 14.8 Å². The van der Waals surface area contributed by atoms with E-state index in [1.165, 1.54) is 29.1 Å². The number of ether oxygens (including phenoxy) is 1. The number of fused-ring (bicyclic) bond motifs is 1. The molecule has 7 nitrogen and oxygen atoms in total. The molecule has 1 aliphatic carbocycles. The van der Waals surface area contributed by atoms with Crippen LogP contribution in [0.4, 0.5) is 14.5 Å². The quantitative estimate of drug-likeness (QED) is 0.374. The molecule has 3 aromatic rings. The van der Waals surface area contributed by atoms with Gasteiger partial charge in [0.15, 0.2) is 5.75 Å². The van der Waals surface area contributed by atoms with Gasteiger partial charge in [-0.25, -0.2) is 18.1 Å². The number of halogens is 4. The van der Waals surface area contributed by atoms with Crippen molar-refractivity contribution in [2.24, 2.45) is 0 Å². The molecule has 1 aromatic carbocycles. The molecule has 1 saturated carbocycles. The Kier molecular flexibility index (Phi) is 5.08. The van der Waals surface area contributed by atoms with E-state index in [0.717, 1.165) is 0 Å². The molecule has 1 aliphatic rings. The molecular weight excluding hydrogens is 529 g/mol. The number of hydrogen-bond donors (Lipinski definition) is 1. The lowest BCUT2D eigenvalue weighted by molar-refractivity contribution is -0.0498. The van der Waals surface area contributed by atoms with E-state index in [4.69, 9.17) is 11.6 Å². The largest absolute Gasteiger partial charge is 0.432 e. The molecule has 0 atom stereocenters. The van der Waals surface area contributed by atoms with Gasteiger partial charge in [-0.1, -0.05) is 11.6 Å². The third-order valence-corrected chi connectivity index (χ3v) is 6.99. The maximum absolute atomic E-state index is 13.0. The van der Waals surface area contributed by atoms with E-state index in [2.05, 4.69) is 19.5 Å². The van der Waals surface area contributed by atoms with Crippen molar-refractivity contribution in [3.8, 4) is 11.4 Å². The van der Waals surface area contributed by atoms with Gasteiger partial charge in [0.05, 0.1) is 21.8 Å². The van der Waals surface area contributed by atoms with Crippen molar-refractivity contribution in [2.45, 2.75) is 24.7 Å². The van der Waals surface area contributed by atoms with Crippen LogP contribution >= 0.6 is 34.2 Å². The van der Waals surface area contributed by atoms with Crippen LogP contribution in [-0.4, -0.2) is 35.0 Å². The van der Waals surface area contributed by atoms with Crippen LogP contribution in [0.3, 0.4) is 0 Å². The average molecular weight is 541 g/mol. The average Bonchev–Trinajstić information content (AvgIpc) is 3.41. The Morgan fingerprint density at radius 3 is 2.75 bits per heavy atom. The lowest BCUT2D eigenvalue weighted by Crippen LogP contribution is -2.17. The Hall–Kier alpha value is -1.73. The first-order valence-corrected chi connectivity index (χ1v) is 11.1. The van der Waals surface area contributed by atoms with E-state index < -0.39 is 21.9 Å². The van der Waals surface area contributed by atoms with Crippen LogP contribution in [0.2, 0.25) is 5.15 Å². The molecule has 1 fully saturated rings. The summed E-state index contributed by atoms with van der Waals surface area (Å²) in [5.41, 5.74) is 0.900. The summed E-state index contributed by atoms with van der Waals surface area (Å²) < 4.78 is 59.3. The van der Waals surface area contributed by atoms with Crippen LogP contribution in [0.25, 0.3) is 16.6 Å². The summed E-state index contributed by atoms with van der Waals surface area (Å²) in [6, 6.07) is 5.70. The number of alkyl halides is 2. The van der Waals surface area contributed by atoms with Crippen LogP contribution in [0.15, 0.2) is 30.5 Å². The van der Waals surface area contributed by atoms with Gasteiger partial charge in [0.1, 0.15) is 14.5 Å². The molecular formula is C16H12ClF2IN4O3S. The highest BCUT2D eigenvalue weighted by Gasteiger charge is 2.35. The van der Waals surface area contributed by atoms with Gasteiger partial charge in [-0.3, -0.25) is 4.72 Å². The minimum absolute atomic E-state index is 0.136. The Labute approximate surface area is 177 Å². The van der Waals surface area contributed by atoms with Crippen molar-refractivity contribution < 1.29 is 21.9 Å². The monoisotopic (exact) mass is 540 g/mol. The minimum Gasteiger partial charge on any atom is -0.432 e. The summed E-state index contributed by atoms with van der Waals surface area (Å²) >= 11 is 7.96. The molecule has 0 aliphatic heterocycles. The van der Waals surface area contributed by atoms with Gasteiger partial charge >= 0.3 is 6.61 Å². The number of anilines is 1. The molecule has 0 unspecified atom stereocenters. The fourth-order valence-corrected chi connectivity index (χ4v) is 4.86. The van der Waals surface area contributed by atoms with E-state index in [9.17, 15) is 17.2 Å². The first-order chi connectivity index (χ1) is 13.2. The van der Waals surface area contributed by atoms with E-state index in [0.29, 0.717) is 27.4 Å². The van der Waals surface area contributed by atoms with Gasteiger partial charge < -0.3 is 4.74 Å². The number of rotatable bonds is 6. The van der Waals surface area contributed by atoms with Crippen LogP contribution in [0.1, 0.15) is 12.8 Å². The van der Waals surface area contributed by atoms with Crippen LogP contribution < -0.4 is 9.46 Å². The van der Waals surface area contributed by atoms with E-state index in [1.807, 2.05) is 22.6 Å². The molecule has 0 radical (unpaired) electrons. The number of aromatic nitrogens is 3. The predicted octanol–water partition coefficient (Wildman–Crippen LogP) is 4.18. The summed E-state index contributed by atoms with van der Waals surface area (Å²) in [4.78, 5) is 4.00. The molecule has 28 heavy (non-hydrogen) atoms. The highest BCUT2D eigenvalue weighted by Crippen LogP contribution is 2.34. The lowest BCUT2D eigenvalue weighted by atomic mass is 10.2. The summed E-state index contributed by atoms with van der Waals surface area (Å²) in [5.74, 6) is -0.222. The van der Waals surface area contributed by atoms with Gasteiger partial charge in [-0.05, 0) is 47.6 Å². The normalized spacial score (nSPS) is 14.6. The van der Waals surface area contributed by atoms with Crippen molar-refractivity contribution in [1.29, 1.82) is 0 Å². The third-order valence-electron chi connectivity index (χ3n) is 4.11. The fraction of sp³-hybridized carbons (Fsp3) is 0.250. The number of pyridine rings is 1. The van der Waals surface area contributed by atoms with Crippen LogP contribution in [0, 0.1) is 3.70 Å². The van der Waals surface area contributed by atoms with Crippen LogP contribution in [0.5, 0.6) is 5.75 Å². The van der Waals surface area contributed by atoms with Gasteiger partial charge in [-0.15, -0.1) is 0 Å². The third kappa shape index (κ3) is 3.87. The number of nitrogens with one attached hydrogen (secondary N) is 1. The van der Waals surface area contributed by atoms with Gasteiger partial charge in [0, 0.05) is 18.3 Å². The van der Waals surface area contributed by atoms with Gasteiger partial charge in [0.2, 0.25) is 10.0 Å². The van der Waals surface area contributed by atoms with E-state index >= 15 is 0 Å². The number of sulfonamides is 1.